The summed E-state index contributed by atoms with van der Waals surface area (Å²) in [5, 5.41) is 10.3. The Balaban J connectivity index is 1.43. The lowest BCUT2D eigenvalue weighted by molar-refractivity contribution is -0.139. The Hall–Kier alpha value is -2.30. The number of piperidine rings is 1. The summed E-state index contributed by atoms with van der Waals surface area (Å²) in [5.74, 6) is -0.721. The molecule has 2 fully saturated rings. The first-order chi connectivity index (χ1) is 12.0. The highest BCUT2D eigenvalue weighted by Crippen LogP contribution is 2.59. The van der Waals surface area contributed by atoms with E-state index in [1.165, 1.54) is 5.56 Å². The summed E-state index contributed by atoms with van der Waals surface area (Å²) in [7, 11) is 0. The van der Waals surface area contributed by atoms with Crippen LogP contribution in [-0.4, -0.2) is 40.0 Å². The summed E-state index contributed by atoms with van der Waals surface area (Å²) in [5.41, 5.74) is 3.42. The Kier molecular flexibility index (Phi) is 3.82. The van der Waals surface area contributed by atoms with Crippen molar-refractivity contribution in [2.75, 3.05) is 13.1 Å². The van der Waals surface area contributed by atoms with Crippen molar-refractivity contribution < 1.29 is 14.7 Å². The molecule has 25 heavy (non-hydrogen) atoms. The number of hydrogen-bond acceptors (Lipinski definition) is 2. The second kappa shape index (κ2) is 5.90. The molecule has 1 aliphatic carbocycles. The van der Waals surface area contributed by atoms with Gasteiger partial charge in [0.1, 0.15) is 0 Å². The van der Waals surface area contributed by atoms with Crippen LogP contribution in [0.3, 0.4) is 0 Å². The summed E-state index contributed by atoms with van der Waals surface area (Å²) in [6.45, 7) is 3.50. The van der Waals surface area contributed by atoms with Crippen molar-refractivity contribution in [3.63, 3.8) is 0 Å². The number of carbonyl (C=O) groups is 2. The average molecular weight is 340 g/mol. The maximum Gasteiger partial charge on any atom is 0.307 e. The third-order valence-corrected chi connectivity index (χ3v) is 6.21. The minimum atomic E-state index is -0.676. The van der Waals surface area contributed by atoms with Gasteiger partial charge in [-0.25, -0.2) is 0 Å². The molecule has 2 aromatic rings. The number of nitrogens with zero attached hydrogens (tertiary/aromatic N) is 1. The number of aryl methyl sites for hydroxylation is 1. The van der Waals surface area contributed by atoms with Crippen LogP contribution in [0.25, 0.3) is 10.9 Å². The van der Waals surface area contributed by atoms with Crippen LogP contribution in [0, 0.1) is 11.3 Å². The van der Waals surface area contributed by atoms with Gasteiger partial charge in [-0.15, -0.1) is 0 Å². The highest BCUT2D eigenvalue weighted by Gasteiger charge is 2.59. The number of carboxylic acids is 1. The Labute approximate surface area is 147 Å². The van der Waals surface area contributed by atoms with E-state index in [4.69, 9.17) is 0 Å². The molecule has 2 aliphatic rings. The van der Waals surface area contributed by atoms with Crippen LogP contribution in [0.1, 0.15) is 37.3 Å². The molecule has 5 nitrogen and oxygen atoms in total. The Morgan fingerprint density at radius 3 is 2.68 bits per heavy atom. The summed E-state index contributed by atoms with van der Waals surface area (Å²) in [6.07, 6.45) is 5.75. The number of nitrogens with one attached hydrogen (secondary N) is 1. The van der Waals surface area contributed by atoms with E-state index in [1.54, 1.807) is 0 Å². The number of carboxylic acid groups (broad SMARTS) is 1. The molecule has 2 N–H and O–H groups in total. The fourth-order valence-electron chi connectivity index (χ4n) is 4.44. The molecule has 1 saturated carbocycles. The van der Waals surface area contributed by atoms with E-state index in [0.717, 1.165) is 42.1 Å². The van der Waals surface area contributed by atoms with Gasteiger partial charge in [0.2, 0.25) is 5.91 Å². The van der Waals surface area contributed by atoms with Crippen molar-refractivity contribution >= 4 is 22.8 Å². The number of hydrogen-bond donors (Lipinski definition) is 2. The van der Waals surface area contributed by atoms with E-state index in [0.29, 0.717) is 19.5 Å². The molecule has 1 aliphatic heterocycles. The predicted molar refractivity (Wildman–Crippen MR) is 95.4 cm³/mol. The van der Waals surface area contributed by atoms with Crippen molar-refractivity contribution in [1.29, 1.82) is 0 Å². The van der Waals surface area contributed by atoms with Crippen molar-refractivity contribution in [3.8, 4) is 0 Å². The van der Waals surface area contributed by atoms with E-state index in [9.17, 15) is 14.7 Å². The quantitative estimate of drug-likeness (QED) is 0.898. The monoisotopic (exact) mass is 340 g/mol. The molecule has 1 unspecified atom stereocenters. The highest BCUT2D eigenvalue weighted by molar-refractivity contribution is 5.90. The normalized spacial score (nSPS) is 21.6. The number of aromatic amines is 1. The first-order valence-corrected chi connectivity index (χ1v) is 9.12. The lowest BCUT2D eigenvalue weighted by Crippen LogP contribution is -2.40. The van der Waals surface area contributed by atoms with Crippen molar-refractivity contribution in [2.45, 2.75) is 39.0 Å². The first-order valence-electron chi connectivity index (χ1n) is 9.12. The van der Waals surface area contributed by atoms with Gasteiger partial charge in [0, 0.05) is 30.2 Å². The Morgan fingerprint density at radius 2 is 2.04 bits per heavy atom. The van der Waals surface area contributed by atoms with Crippen LogP contribution in [0.15, 0.2) is 24.4 Å². The zero-order valence-corrected chi connectivity index (χ0v) is 14.5. The fraction of sp³-hybridized carbons (Fsp3) is 0.500. The molecule has 132 valence electrons. The zero-order valence-electron chi connectivity index (χ0n) is 14.5. The number of aromatic nitrogens is 1. The summed E-state index contributed by atoms with van der Waals surface area (Å²) in [6, 6.07) is 6.23. The number of benzene rings is 1. The molecule has 1 amide bonds. The van der Waals surface area contributed by atoms with Crippen molar-refractivity contribution in [2.24, 2.45) is 11.3 Å². The van der Waals surface area contributed by atoms with Gasteiger partial charge in [0.05, 0.1) is 12.3 Å². The van der Waals surface area contributed by atoms with Crippen LogP contribution >= 0.6 is 0 Å². The maximum atomic E-state index is 12.7. The molecule has 5 heteroatoms. The number of H-pyrrole nitrogens is 1. The van der Waals surface area contributed by atoms with Crippen LogP contribution in [-0.2, 0) is 22.4 Å². The molecule has 1 aromatic heterocycles. The second-order valence-electron chi connectivity index (χ2n) is 7.52. The van der Waals surface area contributed by atoms with Gasteiger partial charge in [0.25, 0.3) is 0 Å². The van der Waals surface area contributed by atoms with Gasteiger partial charge >= 0.3 is 5.97 Å². The van der Waals surface area contributed by atoms with E-state index in [1.807, 2.05) is 17.2 Å². The van der Waals surface area contributed by atoms with Crippen molar-refractivity contribution in [3.05, 3.63) is 35.5 Å². The standard InChI is InChI=1S/C20H24N2O3/c1-2-13-4-3-5-15-14(12-21-18(13)15)10-17(23)22-8-6-20(7-9-22)11-16(20)19(24)25/h3-5,12,16,21H,2,6-11H2,1H3,(H,24,25). The van der Waals surface area contributed by atoms with E-state index < -0.39 is 5.97 Å². The fourth-order valence-corrected chi connectivity index (χ4v) is 4.44. The minimum Gasteiger partial charge on any atom is -0.481 e. The molecule has 1 spiro atoms. The maximum absolute atomic E-state index is 12.7. The van der Waals surface area contributed by atoms with Gasteiger partial charge in [-0.05, 0) is 42.2 Å². The van der Waals surface area contributed by atoms with Gasteiger partial charge < -0.3 is 15.0 Å². The van der Waals surface area contributed by atoms with Gasteiger partial charge in [-0.3, -0.25) is 9.59 Å². The summed E-state index contributed by atoms with van der Waals surface area (Å²) >= 11 is 0. The number of aliphatic carboxylic acids is 1. The third-order valence-electron chi connectivity index (χ3n) is 6.21. The van der Waals surface area contributed by atoms with E-state index in [2.05, 4.69) is 24.0 Å². The molecular weight excluding hydrogens is 316 g/mol. The minimum absolute atomic E-state index is 0.0284. The lowest BCUT2D eigenvalue weighted by Gasteiger charge is -2.32. The second-order valence-corrected chi connectivity index (χ2v) is 7.52. The smallest absolute Gasteiger partial charge is 0.307 e. The number of fused-ring (bicyclic) bond motifs is 1. The van der Waals surface area contributed by atoms with Gasteiger partial charge in [-0.1, -0.05) is 25.1 Å². The molecular formula is C20H24N2O3. The van der Waals surface area contributed by atoms with Crippen LogP contribution in [0.4, 0.5) is 0 Å². The highest BCUT2D eigenvalue weighted by atomic mass is 16.4. The average Bonchev–Trinajstić information content (AvgIpc) is 3.17. The van der Waals surface area contributed by atoms with Crippen LogP contribution in [0.5, 0.6) is 0 Å². The van der Waals surface area contributed by atoms with Crippen LogP contribution < -0.4 is 0 Å². The zero-order chi connectivity index (χ0) is 17.6. The number of amides is 1. The molecule has 1 aromatic carbocycles. The largest absolute Gasteiger partial charge is 0.481 e. The topological polar surface area (TPSA) is 73.4 Å². The molecule has 2 heterocycles. The number of likely N-dealkylation sites (tertiary alicyclic amines) is 1. The predicted octanol–water partition coefficient (Wildman–Crippen LogP) is 2.99. The molecule has 0 radical (unpaired) electrons. The van der Waals surface area contributed by atoms with E-state index >= 15 is 0 Å². The first kappa shape index (κ1) is 16.2. The Bertz CT molecular complexity index is 831. The molecule has 1 atom stereocenters. The summed E-state index contributed by atoms with van der Waals surface area (Å²) in [4.78, 5) is 29.1. The number of para-hydroxylation sites is 1. The summed E-state index contributed by atoms with van der Waals surface area (Å²) < 4.78 is 0. The molecule has 4 rings (SSSR count). The third kappa shape index (κ3) is 2.71. The van der Waals surface area contributed by atoms with E-state index in [-0.39, 0.29) is 17.2 Å². The van der Waals surface area contributed by atoms with Crippen LogP contribution in [0.2, 0.25) is 0 Å². The molecule has 0 bridgehead atoms. The number of carbonyl (C=O) groups excluding carboxylic acids is 1. The van der Waals surface area contributed by atoms with Gasteiger partial charge in [0.15, 0.2) is 0 Å². The van der Waals surface area contributed by atoms with Crippen molar-refractivity contribution in [1.82, 2.24) is 9.88 Å². The molecule has 1 saturated heterocycles. The lowest BCUT2D eigenvalue weighted by atomic mass is 9.90. The SMILES string of the molecule is CCc1cccc2c(CC(=O)N3CCC4(CC3)CC4C(=O)O)c[nH]c12. The Morgan fingerprint density at radius 1 is 1.28 bits per heavy atom. The van der Waals surface area contributed by atoms with Gasteiger partial charge in [-0.2, -0.15) is 0 Å². The number of rotatable bonds is 4.